The summed E-state index contributed by atoms with van der Waals surface area (Å²) in [6.07, 6.45) is -0.163. The number of nitro benzene ring substituents is 1. The number of nitro groups is 1. The number of aromatic nitrogens is 2. The molecular weight excluding hydrogens is 428 g/mol. The Hall–Kier alpha value is -3.84. The summed E-state index contributed by atoms with van der Waals surface area (Å²) in [7, 11) is 0. The standard InChI is InChI=1S/C24H19ClN4O3/c1-14-4-3-5-19-21-12-15(2)27-28(21)24(26-23(14)19)16-6-9-18(10-7-16)32-22-11-8-17(29(30)31)13-20(22)25/h3-13,24,26H,1-2H3. The van der Waals surface area contributed by atoms with Crippen LogP contribution >= 0.6 is 11.6 Å². The van der Waals surface area contributed by atoms with Gasteiger partial charge < -0.3 is 10.1 Å². The maximum absolute atomic E-state index is 10.9. The second-order valence-corrected chi connectivity index (χ2v) is 8.11. The van der Waals surface area contributed by atoms with E-state index in [2.05, 4.69) is 36.5 Å². The number of hydrogen-bond acceptors (Lipinski definition) is 5. The average Bonchev–Trinajstić information content (AvgIpc) is 3.17. The molecule has 0 amide bonds. The lowest BCUT2D eigenvalue weighted by Gasteiger charge is -2.30. The first-order valence-corrected chi connectivity index (χ1v) is 10.4. The molecule has 160 valence electrons. The van der Waals surface area contributed by atoms with Crippen LogP contribution in [0.3, 0.4) is 0 Å². The maximum Gasteiger partial charge on any atom is 0.271 e. The van der Waals surface area contributed by atoms with Crippen LogP contribution in [0.15, 0.2) is 66.7 Å². The lowest BCUT2D eigenvalue weighted by molar-refractivity contribution is -0.384. The molecule has 0 saturated carbocycles. The number of nitrogens with zero attached hydrogens (tertiary/aromatic N) is 3. The number of aryl methyl sites for hydroxylation is 2. The molecule has 1 atom stereocenters. The number of anilines is 1. The van der Waals surface area contributed by atoms with Gasteiger partial charge >= 0.3 is 0 Å². The van der Waals surface area contributed by atoms with Crippen molar-refractivity contribution in [2.45, 2.75) is 20.0 Å². The number of ether oxygens (including phenoxy) is 1. The van der Waals surface area contributed by atoms with Gasteiger partial charge in [-0.15, -0.1) is 0 Å². The molecule has 7 nitrogen and oxygen atoms in total. The van der Waals surface area contributed by atoms with Crippen molar-refractivity contribution < 1.29 is 9.66 Å². The summed E-state index contributed by atoms with van der Waals surface area (Å²) in [5.74, 6) is 0.934. The molecule has 2 heterocycles. The average molecular weight is 447 g/mol. The van der Waals surface area contributed by atoms with Gasteiger partial charge in [-0.25, -0.2) is 4.68 Å². The van der Waals surface area contributed by atoms with E-state index in [1.54, 1.807) is 0 Å². The number of benzene rings is 3. The largest absolute Gasteiger partial charge is 0.456 e. The summed E-state index contributed by atoms with van der Waals surface area (Å²) >= 11 is 6.15. The molecule has 5 rings (SSSR count). The van der Waals surface area contributed by atoms with Crippen LogP contribution in [0.4, 0.5) is 11.4 Å². The topological polar surface area (TPSA) is 82.2 Å². The van der Waals surface area contributed by atoms with Gasteiger partial charge in [0.15, 0.2) is 0 Å². The highest BCUT2D eigenvalue weighted by Gasteiger charge is 2.27. The van der Waals surface area contributed by atoms with Crippen molar-refractivity contribution in [3.05, 3.63) is 98.7 Å². The van der Waals surface area contributed by atoms with Gasteiger partial charge in [-0.2, -0.15) is 5.10 Å². The van der Waals surface area contributed by atoms with Crippen LogP contribution in [0.1, 0.15) is 23.0 Å². The van der Waals surface area contributed by atoms with Gasteiger partial charge in [-0.1, -0.05) is 41.9 Å². The fraction of sp³-hybridized carbons (Fsp3) is 0.125. The molecule has 1 unspecified atom stereocenters. The Morgan fingerprint density at radius 3 is 2.59 bits per heavy atom. The number of hydrogen-bond donors (Lipinski definition) is 1. The van der Waals surface area contributed by atoms with Gasteiger partial charge in [-0.3, -0.25) is 10.1 Å². The normalized spacial score (nSPS) is 14.3. The molecule has 1 aromatic heterocycles. The van der Waals surface area contributed by atoms with E-state index >= 15 is 0 Å². The molecule has 0 spiro atoms. The summed E-state index contributed by atoms with van der Waals surface area (Å²) in [4.78, 5) is 10.4. The number of nitrogens with one attached hydrogen (secondary N) is 1. The molecule has 1 aliphatic rings. The summed E-state index contributed by atoms with van der Waals surface area (Å²) in [5, 5.41) is 19.4. The number of fused-ring (bicyclic) bond motifs is 3. The molecule has 3 aromatic carbocycles. The second-order valence-electron chi connectivity index (χ2n) is 7.70. The first-order chi connectivity index (χ1) is 15.4. The van der Waals surface area contributed by atoms with Crippen LogP contribution in [-0.2, 0) is 0 Å². The summed E-state index contributed by atoms with van der Waals surface area (Å²) in [5.41, 5.74) is 6.37. The molecule has 4 aromatic rings. The van der Waals surface area contributed by atoms with Crippen LogP contribution in [0, 0.1) is 24.0 Å². The van der Waals surface area contributed by atoms with Crippen LogP contribution in [0.25, 0.3) is 11.3 Å². The molecule has 1 aliphatic heterocycles. The third kappa shape index (κ3) is 3.46. The monoisotopic (exact) mass is 446 g/mol. The van der Waals surface area contributed by atoms with Gasteiger partial charge in [0.1, 0.15) is 17.7 Å². The van der Waals surface area contributed by atoms with Crippen molar-refractivity contribution in [2.75, 3.05) is 5.32 Å². The quantitative estimate of drug-likeness (QED) is 0.286. The van der Waals surface area contributed by atoms with Crippen LogP contribution in [0.5, 0.6) is 11.5 Å². The van der Waals surface area contributed by atoms with Crippen LogP contribution in [0.2, 0.25) is 5.02 Å². The molecule has 0 fully saturated rings. The van der Waals surface area contributed by atoms with E-state index in [0.29, 0.717) is 11.5 Å². The number of para-hydroxylation sites is 1. The van der Waals surface area contributed by atoms with E-state index in [0.717, 1.165) is 28.2 Å². The molecule has 0 radical (unpaired) electrons. The molecule has 0 bridgehead atoms. The molecule has 32 heavy (non-hydrogen) atoms. The fourth-order valence-corrected chi connectivity index (χ4v) is 4.15. The SMILES string of the molecule is Cc1cc2n(n1)C(c1ccc(Oc3ccc([N+](=O)[O-])cc3Cl)cc1)Nc1c(C)cccc1-2. The molecule has 8 heteroatoms. The van der Waals surface area contributed by atoms with Gasteiger partial charge in [0.25, 0.3) is 5.69 Å². The highest BCUT2D eigenvalue weighted by Crippen LogP contribution is 2.40. The van der Waals surface area contributed by atoms with Gasteiger partial charge in [0.2, 0.25) is 0 Å². The van der Waals surface area contributed by atoms with Crippen molar-refractivity contribution in [3.63, 3.8) is 0 Å². The van der Waals surface area contributed by atoms with Gasteiger partial charge in [0.05, 0.1) is 21.3 Å². The zero-order valence-corrected chi connectivity index (χ0v) is 18.1. The van der Waals surface area contributed by atoms with Crippen molar-refractivity contribution in [1.29, 1.82) is 0 Å². The number of non-ortho nitro benzene ring substituents is 1. The highest BCUT2D eigenvalue weighted by molar-refractivity contribution is 6.32. The van der Waals surface area contributed by atoms with Crippen molar-refractivity contribution in [2.24, 2.45) is 0 Å². The Bertz CT molecular complexity index is 1350. The predicted octanol–water partition coefficient (Wildman–Crippen LogP) is 6.49. The Balaban J connectivity index is 1.44. The lowest BCUT2D eigenvalue weighted by atomic mass is 10.0. The van der Waals surface area contributed by atoms with E-state index in [9.17, 15) is 10.1 Å². The zero-order chi connectivity index (χ0) is 22.4. The maximum atomic E-state index is 10.9. The van der Waals surface area contributed by atoms with E-state index < -0.39 is 4.92 Å². The Morgan fingerprint density at radius 1 is 1.09 bits per heavy atom. The summed E-state index contributed by atoms with van der Waals surface area (Å²) in [6, 6.07) is 20.1. The molecule has 1 N–H and O–H groups in total. The van der Waals surface area contributed by atoms with E-state index in [4.69, 9.17) is 21.4 Å². The predicted molar refractivity (Wildman–Crippen MR) is 124 cm³/mol. The van der Waals surface area contributed by atoms with E-state index in [1.807, 2.05) is 35.9 Å². The van der Waals surface area contributed by atoms with Crippen LogP contribution in [-0.4, -0.2) is 14.7 Å². The highest BCUT2D eigenvalue weighted by atomic mass is 35.5. The number of halogens is 1. The van der Waals surface area contributed by atoms with Gasteiger partial charge in [0, 0.05) is 23.4 Å². The third-order valence-corrected chi connectivity index (χ3v) is 5.78. The molecule has 0 aliphatic carbocycles. The summed E-state index contributed by atoms with van der Waals surface area (Å²) < 4.78 is 7.84. The van der Waals surface area contributed by atoms with Crippen molar-refractivity contribution >= 4 is 23.0 Å². The Labute approximate surface area is 189 Å². The van der Waals surface area contributed by atoms with Crippen molar-refractivity contribution in [3.8, 4) is 22.8 Å². The zero-order valence-electron chi connectivity index (χ0n) is 17.4. The van der Waals surface area contributed by atoms with Crippen LogP contribution < -0.4 is 10.1 Å². The Morgan fingerprint density at radius 2 is 1.88 bits per heavy atom. The second kappa shape index (κ2) is 7.69. The van der Waals surface area contributed by atoms with Gasteiger partial charge in [-0.05, 0) is 49.2 Å². The lowest BCUT2D eigenvalue weighted by Crippen LogP contribution is -2.26. The first kappa shape index (κ1) is 20.1. The number of rotatable bonds is 4. The molecular formula is C24H19ClN4O3. The molecule has 0 saturated heterocycles. The smallest absolute Gasteiger partial charge is 0.271 e. The minimum atomic E-state index is -0.493. The summed E-state index contributed by atoms with van der Waals surface area (Å²) in [6.45, 7) is 4.08. The Kier molecular flexibility index (Phi) is 4.83. The van der Waals surface area contributed by atoms with Crippen molar-refractivity contribution in [1.82, 2.24) is 9.78 Å². The van der Waals surface area contributed by atoms with E-state index in [-0.39, 0.29) is 16.9 Å². The van der Waals surface area contributed by atoms with E-state index in [1.165, 1.54) is 23.8 Å². The minimum absolute atomic E-state index is 0.0815. The minimum Gasteiger partial charge on any atom is -0.456 e. The third-order valence-electron chi connectivity index (χ3n) is 5.48. The first-order valence-electron chi connectivity index (χ1n) is 10.0. The fourth-order valence-electron chi connectivity index (χ4n) is 3.94.